The average molecular weight is 644 g/mol. The van der Waals surface area contributed by atoms with Crippen molar-refractivity contribution < 1.29 is 27.0 Å². The molecule has 0 amide bonds. The van der Waals surface area contributed by atoms with E-state index >= 15 is 0 Å². The van der Waals surface area contributed by atoms with E-state index in [1.54, 1.807) is 36.0 Å². The van der Waals surface area contributed by atoms with Gasteiger partial charge in [0.2, 0.25) is 0 Å². The first-order valence-electron chi connectivity index (χ1n) is 12.9. The first-order valence-corrected chi connectivity index (χ1v) is 14.6. The lowest BCUT2D eigenvalue weighted by molar-refractivity contribution is -0.0505. The van der Waals surface area contributed by atoms with E-state index in [4.69, 9.17) is 4.99 Å². The molecule has 0 fully saturated rings. The van der Waals surface area contributed by atoms with E-state index in [-0.39, 0.29) is 17.5 Å². The van der Waals surface area contributed by atoms with Gasteiger partial charge in [-0.15, -0.1) is 0 Å². The van der Waals surface area contributed by atoms with Gasteiger partial charge in [0.15, 0.2) is 5.17 Å². The molecule has 3 aromatic carbocycles. The Bertz CT molecular complexity index is 1550. The fourth-order valence-corrected chi connectivity index (χ4v) is 6.52. The Kier molecular flexibility index (Phi) is 7.94. The Hall–Kier alpha value is -3.50. The predicted octanol–water partition coefficient (Wildman–Crippen LogP) is 9.63. The number of aliphatic imine (C=N–C) groups is 1. The minimum atomic E-state index is -2.90. The van der Waals surface area contributed by atoms with Crippen LogP contribution in [0.5, 0.6) is 11.5 Å². The zero-order valence-corrected chi connectivity index (χ0v) is 23.8. The van der Waals surface area contributed by atoms with E-state index in [2.05, 4.69) is 35.7 Å². The van der Waals surface area contributed by atoms with Crippen molar-refractivity contribution in [1.82, 2.24) is 4.90 Å². The van der Waals surface area contributed by atoms with Gasteiger partial charge in [-0.3, -0.25) is 0 Å². The Labute approximate surface area is 247 Å². The second-order valence-electron chi connectivity index (χ2n) is 9.59. The number of hydrogen-bond donors (Lipinski definition) is 0. The molecule has 4 nitrogen and oxygen atoms in total. The molecule has 0 saturated heterocycles. The summed E-state index contributed by atoms with van der Waals surface area (Å²) in [6.07, 6.45) is 4.58. The lowest BCUT2D eigenvalue weighted by Crippen LogP contribution is -2.34. The number of ether oxygens (including phenoxy) is 2. The molecule has 0 bridgehead atoms. The summed E-state index contributed by atoms with van der Waals surface area (Å²) in [7, 11) is 0. The highest BCUT2D eigenvalue weighted by atomic mass is 79.9. The second kappa shape index (κ2) is 11.8. The average Bonchev–Trinajstić information content (AvgIpc) is 3.37. The van der Waals surface area contributed by atoms with Crippen molar-refractivity contribution in [3.63, 3.8) is 0 Å². The molecule has 0 radical (unpaired) electrons. The van der Waals surface area contributed by atoms with Crippen LogP contribution in [0.2, 0.25) is 0 Å². The molecular weight excluding hydrogens is 620 g/mol. The van der Waals surface area contributed by atoms with Crippen molar-refractivity contribution >= 4 is 44.6 Å². The summed E-state index contributed by atoms with van der Waals surface area (Å²) in [4.78, 5) is 7.35. The van der Waals surface area contributed by atoms with Crippen LogP contribution in [-0.4, -0.2) is 23.3 Å². The number of allylic oxidation sites excluding steroid dienone is 1. The van der Waals surface area contributed by atoms with E-state index in [1.165, 1.54) is 12.1 Å². The number of halogens is 5. The Morgan fingerprint density at radius 3 is 2.12 bits per heavy atom. The summed E-state index contributed by atoms with van der Waals surface area (Å²) in [6.45, 7) is -5.77. The fraction of sp³-hybridized carbons (Fsp3) is 0.194. The Morgan fingerprint density at radius 1 is 0.854 bits per heavy atom. The third-order valence-electron chi connectivity index (χ3n) is 7.05. The maximum atomic E-state index is 12.8. The Morgan fingerprint density at radius 2 is 1.49 bits per heavy atom. The second-order valence-corrected chi connectivity index (χ2v) is 11.3. The highest BCUT2D eigenvalue weighted by molar-refractivity contribution is 9.10. The van der Waals surface area contributed by atoms with Gasteiger partial charge in [0.25, 0.3) is 0 Å². The predicted molar refractivity (Wildman–Crippen MR) is 157 cm³/mol. The molecule has 0 spiro atoms. The number of rotatable bonds is 7. The monoisotopic (exact) mass is 642 g/mol. The number of hydrogen-bond acceptors (Lipinski definition) is 5. The quantitative estimate of drug-likeness (QED) is 0.240. The minimum absolute atomic E-state index is 0.102. The molecule has 0 saturated carbocycles. The SMILES string of the molecule is FC(F)Oc1ccc(/C=C2\CCCC3=C2N=C2SC=C(c4ccc(Br)cc4)N2C3c2ccc(OC(F)F)cc2)cc1. The van der Waals surface area contributed by atoms with Gasteiger partial charge < -0.3 is 14.4 Å². The van der Waals surface area contributed by atoms with Gasteiger partial charge in [-0.05, 0) is 89.6 Å². The van der Waals surface area contributed by atoms with Gasteiger partial charge in [-0.25, -0.2) is 4.99 Å². The lowest BCUT2D eigenvalue weighted by Gasteiger charge is -2.40. The Balaban J connectivity index is 1.41. The van der Waals surface area contributed by atoms with Crippen LogP contribution in [0, 0.1) is 0 Å². The van der Waals surface area contributed by atoms with Gasteiger partial charge in [0.05, 0.1) is 17.4 Å². The molecule has 0 aromatic heterocycles. The van der Waals surface area contributed by atoms with Crippen molar-refractivity contribution in [2.45, 2.75) is 38.5 Å². The summed E-state index contributed by atoms with van der Waals surface area (Å²) in [5.74, 6) is 0.207. The van der Waals surface area contributed by atoms with Crippen molar-refractivity contribution in [2.75, 3.05) is 0 Å². The third kappa shape index (κ3) is 5.94. The summed E-state index contributed by atoms with van der Waals surface area (Å²) in [5, 5.41) is 2.92. The molecule has 10 heteroatoms. The summed E-state index contributed by atoms with van der Waals surface area (Å²) >= 11 is 5.05. The summed E-state index contributed by atoms with van der Waals surface area (Å²) in [5.41, 5.74) is 6.94. The van der Waals surface area contributed by atoms with Gasteiger partial charge >= 0.3 is 13.2 Å². The van der Waals surface area contributed by atoms with Gasteiger partial charge in [-0.1, -0.05) is 64.1 Å². The van der Waals surface area contributed by atoms with Crippen LogP contribution in [0.25, 0.3) is 11.8 Å². The van der Waals surface area contributed by atoms with Crippen LogP contribution in [0.3, 0.4) is 0 Å². The van der Waals surface area contributed by atoms with Gasteiger partial charge in [0.1, 0.15) is 11.5 Å². The lowest BCUT2D eigenvalue weighted by atomic mass is 9.82. The molecule has 41 heavy (non-hydrogen) atoms. The minimum Gasteiger partial charge on any atom is -0.435 e. The van der Waals surface area contributed by atoms with E-state index in [0.717, 1.165) is 68.1 Å². The van der Waals surface area contributed by atoms with Crippen molar-refractivity contribution in [1.29, 1.82) is 0 Å². The molecule has 210 valence electrons. The number of benzene rings is 3. The van der Waals surface area contributed by atoms with Crippen LogP contribution < -0.4 is 9.47 Å². The first-order chi connectivity index (χ1) is 19.9. The van der Waals surface area contributed by atoms with E-state index in [0.29, 0.717) is 0 Å². The van der Waals surface area contributed by atoms with E-state index in [9.17, 15) is 17.6 Å². The largest absolute Gasteiger partial charge is 0.435 e. The first kappa shape index (κ1) is 27.7. The van der Waals surface area contributed by atoms with Gasteiger partial charge in [-0.2, -0.15) is 17.6 Å². The zero-order valence-electron chi connectivity index (χ0n) is 21.4. The highest BCUT2D eigenvalue weighted by Crippen LogP contribution is 2.51. The van der Waals surface area contributed by atoms with Crippen LogP contribution in [0.4, 0.5) is 17.6 Å². The molecule has 2 aliphatic heterocycles. The number of alkyl halides is 4. The molecule has 2 heterocycles. The molecule has 6 rings (SSSR count). The third-order valence-corrected chi connectivity index (χ3v) is 8.41. The summed E-state index contributed by atoms with van der Waals surface area (Å²) in [6, 6.07) is 21.2. The van der Waals surface area contributed by atoms with Crippen LogP contribution in [0.1, 0.15) is 42.0 Å². The van der Waals surface area contributed by atoms with Crippen LogP contribution >= 0.6 is 27.7 Å². The van der Waals surface area contributed by atoms with E-state index in [1.807, 2.05) is 42.5 Å². The molecule has 3 aliphatic rings. The zero-order chi connectivity index (χ0) is 28.5. The molecule has 1 aliphatic carbocycles. The fourth-order valence-electron chi connectivity index (χ4n) is 5.33. The number of amidine groups is 1. The number of fused-ring (bicyclic) bond motifs is 1. The number of thioether (sulfide) groups is 1. The maximum absolute atomic E-state index is 12.8. The standard InChI is InChI=1S/C31H23BrF4N2O2S/c32-22-10-6-19(7-11-22)26-17-41-31-37-27-21(16-18-4-12-23(13-5-18)39-29(33)34)2-1-3-25(27)28(38(26)31)20-8-14-24(15-9-20)40-30(35)36/h4-17,28-30H,1-3H2/b21-16+. The van der Waals surface area contributed by atoms with Crippen molar-refractivity contribution in [3.05, 3.63) is 116 Å². The molecular formula is C31H23BrF4N2O2S. The molecule has 3 aromatic rings. The molecule has 0 N–H and O–H groups in total. The highest BCUT2D eigenvalue weighted by Gasteiger charge is 2.40. The molecule has 1 unspecified atom stereocenters. The number of nitrogens with zero attached hydrogens (tertiary/aromatic N) is 2. The normalized spacial score (nSPS) is 19.3. The maximum Gasteiger partial charge on any atom is 0.387 e. The van der Waals surface area contributed by atoms with Crippen LogP contribution in [0.15, 0.2) is 105 Å². The van der Waals surface area contributed by atoms with E-state index < -0.39 is 13.2 Å². The summed E-state index contributed by atoms with van der Waals surface area (Å²) < 4.78 is 60.9. The van der Waals surface area contributed by atoms with Crippen molar-refractivity contribution in [3.8, 4) is 11.5 Å². The van der Waals surface area contributed by atoms with Crippen LogP contribution in [-0.2, 0) is 0 Å². The molecule has 1 atom stereocenters. The smallest absolute Gasteiger partial charge is 0.387 e. The van der Waals surface area contributed by atoms with Crippen molar-refractivity contribution in [2.24, 2.45) is 4.99 Å². The topological polar surface area (TPSA) is 34.1 Å². The van der Waals surface area contributed by atoms with Gasteiger partial charge in [0, 0.05) is 9.88 Å².